The van der Waals surface area contributed by atoms with Gasteiger partial charge in [0.2, 0.25) is 0 Å². The zero-order valence-electron chi connectivity index (χ0n) is 15.2. The van der Waals surface area contributed by atoms with Gasteiger partial charge in [0.25, 0.3) is 0 Å². The summed E-state index contributed by atoms with van der Waals surface area (Å²) in [4.78, 5) is 8.73. The molecule has 0 spiro atoms. The first-order valence-electron chi connectivity index (χ1n) is 8.46. The molecule has 0 atom stereocenters. The van der Waals surface area contributed by atoms with Gasteiger partial charge in [-0.25, -0.2) is 18.7 Å². The molecule has 0 radical (unpaired) electrons. The molecule has 0 aliphatic heterocycles. The number of hydrogen-bond acceptors (Lipinski definition) is 5. The maximum absolute atomic E-state index is 14.1. The number of nitrogens with one attached hydrogen (secondary N) is 1. The van der Waals surface area contributed by atoms with Crippen LogP contribution in [0.2, 0.25) is 0 Å². The second-order valence-electron chi connectivity index (χ2n) is 6.00. The third kappa shape index (κ3) is 4.70. The molecule has 0 unspecified atom stereocenters. The summed E-state index contributed by atoms with van der Waals surface area (Å²) in [6.07, 6.45) is 1.60. The van der Waals surface area contributed by atoms with Gasteiger partial charge < -0.3 is 10.1 Å². The van der Waals surface area contributed by atoms with Crippen LogP contribution in [-0.2, 0) is 0 Å². The van der Waals surface area contributed by atoms with Crippen molar-refractivity contribution in [3.8, 4) is 22.6 Å². The van der Waals surface area contributed by atoms with Crippen molar-refractivity contribution in [3.05, 3.63) is 83.5 Å². The fourth-order valence-corrected chi connectivity index (χ4v) is 3.33. The maximum Gasteiger partial charge on any atom is 0.198 e. The number of benzene rings is 2. The van der Waals surface area contributed by atoms with Crippen LogP contribution in [0, 0.1) is 18.6 Å². The standard InChI is InChI=1S/C21H15F2N3OS.ClH/c1-13-12-28-21(25-13)26-19-10-18(27-20-16(22)8-5-9-17(20)23)15(11-24-19)14-6-3-2-4-7-14;/h2-12H,1H3,(H,24,25,26);1H. The molecule has 0 fully saturated rings. The highest BCUT2D eigenvalue weighted by Gasteiger charge is 2.16. The lowest BCUT2D eigenvalue weighted by Crippen LogP contribution is -1.98. The molecule has 2 heterocycles. The molecule has 0 aliphatic rings. The number of rotatable bonds is 5. The number of para-hydroxylation sites is 1. The van der Waals surface area contributed by atoms with E-state index < -0.39 is 17.4 Å². The Morgan fingerprint density at radius 1 is 1.00 bits per heavy atom. The molecule has 0 aliphatic carbocycles. The van der Waals surface area contributed by atoms with Gasteiger partial charge in [0.05, 0.1) is 5.69 Å². The van der Waals surface area contributed by atoms with Crippen LogP contribution >= 0.6 is 23.7 Å². The van der Waals surface area contributed by atoms with Crippen LogP contribution in [0.1, 0.15) is 5.69 Å². The highest BCUT2D eigenvalue weighted by atomic mass is 35.5. The molecule has 0 bridgehead atoms. The average molecular weight is 432 g/mol. The second kappa shape index (κ2) is 8.98. The summed E-state index contributed by atoms with van der Waals surface area (Å²) < 4.78 is 33.9. The van der Waals surface area contributed by atoms with E-state index in [1.807, 2.05) is 42.6 Å². The first kappa shape index (κ1) is 20.7. The number of pyridine rings is 1. The van der Waals surface area contributed by atoms with Crippen LogP contribution in [0.15, 0.2) is 66.2 Å². The van der Waals surface area contributed by atoms with Crippen molar-refractivity contribution < 1.29 is 13.5 Å². The minimum Gasteiger partial charge on any atom is -0.450 e. The Balaban J connectivity index is 0.00000240. The Bertz CT molecular complexity index is 1100. The van der Waals surface area contributed by atoms with Crippen molar-refractivity contribution in [1.82, 2.24) is 9.97 Å². The Labute approximate surface area is 176 Å². The topological polar surface area (TPSA) is 47.0 Å². The third-order valence-corrected chi connectivity index (χ3v) is 4.81. The van der Waals surface area contributed by atoms with Crippen molar-refractivity contribution in [2.24, 2.45) is 0 Å². The van der Waals surface area contributed by atoms with Gasteiger partial charge in [0.1, 0.15) is 11.6 Å². The number of halogens is 3. The summed E-state index contributed by atoms with van der Waals surface area (Å²) >= 11 is 1.44. The zero-order valence-corrected chi connectivity index (χ0v) is 16.9. The van der Waals surface area contributed by atoms with Gasteiger partial charge >= 0.3 is 0 Å². The van der Waals surface area contributed by atoms with E-state index >= 15 is 0 Å². The summed E-state index contributed by atoms with van der Waals surface area (Å²) in [7, 11) is 0. The SMILES string of the molecule is Cc1csc(Nc2cc(Oc3c(F)cccc3F)c(-c3ccccc3)cn2)n1.Cl. The highest BCUT2D eigenvalue weighted by molar-refractivity contribution is 7.13. The molecule has 0 saturated carbocycles. The van der Waals surface area contributed by atoms with E-state index in [0.29, 0.717) is 16.5 Å². The van der Waals surface area contributed by atoms with Crippen LogP contribution in [0.3, 0.4) is 0 Å². The fourth-order valence-electron chi connectivity index (χ4n) is 2.64. The third-order valence-electron chi connectivity index (χ3n) is 3.94. The Morgan fingerprint density at radius 3 is 2.38 bits per heavy atom. The molecule has 1 N–H and O–H groups in total. The van der Waals surface area contributed by atoms with Gasteiger partial charge in [-0.2, -0.15) is 0 Å². The quantitative estimate of drug-likeness (QED) is 0.379. The molecule has 0 saturated heterocycles. The van der Waals surface area contributed by atoms with E-state index in [1.165, 1.54) is 17.4 Å². The summed E-state index contributed by atoms with van der Waals surface area (Å²) in [6.45, 7) is 1.89. The van der Waals surface area contributed by atoms with E-state index in [4.69, 9.17) is 4.74 Å². The smallest absolute Gasteiger partial charge is 0.198 e. The van der Waals surface area contributed by atoms with Crippen LogP contribution in [0.4, 0.5) is 19.7 Å². The fraction of sp³-hybridized carbons (Fsp3) is 0.0476. The normalized spacial score (nSPS) is 10.3. The highest BCUT2D eigenvalue weighted by Crippen LogP contribution is 2.37. The van der Waals surface area contributed by atoms with Gasteiger partial charge in [0.15, 0.2) is 22.5 Å². The van der Waals surface area contributed by atoms with E-state index in [1.54, 1.807) is 12.3 Å². The second-order valence-corrected chi connectivity index (χ2v) is 6.86. The predicted molar refractivity (Wildman–Crippen MR) is 113 cm³/mol. The first-order chi connectivity index (χ1) is 13.6. The molecule has 8 heteroatoms. The lowest BCUT2D eigenvalue weighted by molar-refractivity contribution is 0.408. The van der Waals surface area contributed by atoms with Crippen molar-refractivity contribution >= 4 is 34.7 Å². The summed E-state index contributed by atoms with van der Waals surface area (Å²) in [5.74, 6) is -1.27. The molecular formula is C21H16ClF2N3OS. The number of nitrogens with zero attached hydrogens (tertiary/aromatic N) is 2. The van der Waals surface area contributed by atoms with Gasteiger partial charge in [-0.1, -0.05) is 36.4 Å². The van der Waals surface area contributed by atoms with Crippen LogP contribution in [0.25, 0.3) is 11.1 Å². The van der Waals surface area contributed by atoms with Gasteiger partial charge in [-0.15, -0.1) is 23.7 Å². The number of anilines is 2. The molecule has 148 valence electrons. The van der Waals surface area contributed by atoms with Crippen molar-refractivity contribution in [2.75, 3.05) is 5.32 Å². The van der Waals surface area contributed by atoms with Crippen molar-refractivity contribution in [3.63, 3.8) is 0 Å². The number of aromatic nitrogens is 2. The molecule has 29 heavy (non-hydrogen) atoms. The van der Waals surface area contributed by atoms with Crippen LogP contribution in [-0.4, -0.2) is 9.97 Å². The summed E-state index contributed by atoms with van der Waals surface area (Å²) in [5, 5.41) is 5.66. The predicted octanol–water partition coefficient (Wildman–Crippen LogP) is 6.75. The van der Waals surface area contributed by atoms with Gasteiger partial charge in [-0.3, -0.25) is 0 Å². The number of ether oxygens (including phenoxy) is 1. The molecule has 2 aromatic carbocycles. The monoisotopic (exact) mass is 431 g/mol. The minimum absolute atomic E-state index is 0. The largest absolute Gasteiger partial charge is 0.450 e. The molecule has 4 aromatic rings. The number of thiazole rings is 1. The van der Waals surface area contributed by atoms with Gasteiger partial charge in [-0.05, 0) is 24.6 Å². The van der Waals surface area contributed by atoms with Crippen LogP contribution in [0.5, 0.6) is 11.5 Å². The van der Waals surface area contributed by atoms with Crippen molar-refractivity contribution in [1.29, 1.82) is 0 Å². The first-order valence-corrected chi connectivity index (χ1v) is 9.34. The van der Waals surface area contributed by atoms with E-state index in [-0.39, 0.29) is 18.2 Å². The maximum atomic E-state index is 14.1. The molecule has 4 rings (SSSR count). The Morgan fingerprint density at radius 2 is 1.72 bits per heavy atom. The molecule has 2 aromatic heterocycles. The minimum atomic E-state index is -0.777. The van der Waals surface area contributed by atoms with Gasteiger partial charge in [0, 0.05) is 23.2 Å². The average Bonchev–Trinajstić information content (AvgIpc) is 3.10. The lowest BCUT2D eigenvalue weighted by Gasteiger charge is -2.14. The van der Waals surface area contributed by atoms with E-state index in [0.717, 1.165) is 23.4 Å². The number of aryl methyl sites for hydroxylation is 1. The summed E-state index contributed by atoms with van der Waals surface area (Å²) in [5.41, 5.74) is 2.32. The zero-order chi connectivity index (χ0) is 19.5. The Hall–Kier alpha value is -3.03. The van der Waals surface area contributed by atoms with Crippen LogP contribution < -0.4 is 10.1 Å². The number of hydrogen-bond donors (Lipinski definition) is 1. The Kier molecular flexibility index (Phi) is 6.41. The molecular weight excluding hydrogens is 416 g/mol. The molecule has 4 nitrogen and oxygen atoms in total. The van der Waals surface area contributed by atoms with Crippen molar-refractivity contribution in [2.45, 2.75) is 6.92 Å². The molecule has 0 amide bonds. The summed E-state index contributed by atoms with van der Waals surface area (Å²) in [6, 6.07) is 14.6. The van der Waals surface area contributed by atoms with E-state index in [9.17, 15) is 8.78 Å². The lowest BCUT2D eigenvalue weighted by atomic mass is 10.1. The van der Waals surface area contributed by atoms with E-state index in [2.05, 4.69) is 15.3 Å².